The maximum atomic E-state index is 8.96. The Morgan fingerprint density at radius 2 is 2.20 bits per heavy atom. The van der Waals surface area contributed by atoms with Crippen molar-refractivity contribution in [1.29, 1.82) is 0 Å². The SMILES string of the molecule is CCC(C)(CCO)Nc1ccc(N)nn1. The van der Waals surface area contributed by atoms with E-state index in [-0.39, 0.29) is 12.1 Å². The number of nitrogens with two attached hydrogens (primary N) is 1. The van der Waals surface area contributed by atoms with Crippen molar-refractivity contribution in [3.05, 3.63) is 12.1 Å². The lowest BCUT2D eigenvalue weighted by atomic mass is 9.95. The van der Waals surface area contributed by atoms with Gasteiger partial charge in [0, 0.05) is 12.1 Å². The van der Waals surface area contributed by atoms with Crippen LogP contribution in [0.15, 0.2) is 12.1 Å². The summed E-state index contributed by atoms with van der Waals surface area (Å²) in [7, 11) is 0. The summed E-state index contributed by atoms with van der Waals surface area (Å²) in [5.41, 5.74) is 5.29. The van der Waals surface area contributed by atoms with Gasteiger partial charge in [0.1, 0.15) is 11.6 Å². The van der Waals surface area contributed by atoms with Crippen LogP contribution in [0, 0.1) is 0 Å². The van der Waals surface area contributed by atoms with E-state index in [2.05, 4.69) is 22.4 Å². The summed E-state index contributed by atoms with van der Waals surface area (Å²) in [6, 6.07) is 3.48. The standard InChI is InChI=1S/C10H18N4O/c1-3-10(2,6-7-15)12-9-5-4-8(11)13-14-9/h4-5,15H,3,6-7H2,1-2H3,(H2,11,13)(H,12,14). The van der Waals surface area contributed by atoms with Crippen molar-refractivity contribution in [2.45, 2.75) is 32.2 Å². The number of anilines is 2. The topological polar surface area (TPSA) is 84.1 Å². The molecule has 0 bridgehead atoms. The molecule has 1 rings (SSSR count). The van der Waals surface area contributed by atoms with Crippen molar-refractivity contribution in [3.8, 4) is 0 Å². The van der Waals surface area contributed by atoms with E-state index in [1.54, 1.807) is 12.1 Å². The highest BCUT2D eigenvalue weighted by Crippen LogP contribution is 2.19. The molecule has 1 atom stereocenters. The normalized spacial score (nSPS) is 14.6. The van der Waals surface area contributed by atoms with E-state index >= 15 is 0 Å². The van der Waals surface area contributed by atoms with E-state index in [1.807, 2.05) is 6.92 Å². The van der Waals surface area contributed by atoms with Crippen LogP contribution in [0.1, 0.15) is 26.7 Å². The third kappa shape index (κ3) is 3.36. The van der Waals surface area contributed by atoms with Gasteiger partial charge in [0.05, 0.1) is 0 Å². The monoisotopic (exact) mass is 210 g/mol. The number of rotatable bonds is 5. The second-order valence-electron chi connectivity index (χ2n) is 3.86. The van der Waals surface area contributed by atoms with Gasteiger partial charge in [-0.15, -0.1) is 10.2 Å². The van der Waals surface area contributed by atoms with Crippen LogP contribution in [0.3, 0.4) is 0 Å². The van der Waals surface area contributed by atoms with Crippen LogP contribution in [0.4, 0.5) is 11.6 Å². The first-order valence-electron chi connectivity index (χ1n) is 5.08. The molecule has 1 unspecified atom stereocenters. The molecular weight excluding hydrogens is 192 g/mol. The second kappa shape index (κ2) is 4.93. The van der Waals surface area contributed by atoms with Crippen LogP contribution in [0.2, 0.25) is 0 Å². The molecule has 1 aromatic heterocycles. The average Bonchev–Trinajstić information content (AvgIpc) is 2.22. The number of nitrogens with one attached hydrogen (secondary N) is 1. The molecule has 0 spiro atoms. The smallest absolute Gasteiger partial charge is 0.149 e. The maximum absolute atomic E-state index is 8.96. The highest BCUT2D eigenvalue weighted by Gasteiger charge is 2.21. The summed E-state index contributed by atoms with van der Waals surface area (Å²) in [5.74, 6) is 1.09. The van der Waals surface area contributed by atoms with Gasteiger partial charge in [-0.2, -0.15) is 0 Å². The number of hydrogen-bond acceptors (Lipinski definition) is 5. The third-order valence-corrected chi connectivity index (χ3v) is 2.56. The van der Waals surface area contributed by atoms with E-state index in [1.165, 1.54) is 0 Å². The molecule has 0 aromatic carbocycles. The van der Waals surface area contributed by atoms with Crippen LogP contribution in [-0.2, 0) is 0 Å². The fraction of sp³-hybridized carbons (Fsp3) is 0.600. The first-order chi connectivity index (χ1) is 7.09. The number of nitrogens with zero attached hydrogens (tertiary/aromatic N) is 2. The summed E-state index contributed by atoms with van der Waals surface area (Å²) >= 11 is 0. The molecule has 0 saturated carbocycles. The van der Waals surface area contributed by atoms with E-state index in [0.717, 1.165) is 6.42 Å². The molecule has 15 heavy (non-hydrogen) atoms. The summed E-state index contributed by atoms with van der Waals surface area (Å²) < 4.78 is 0. The Hall–Kier alpha value is -1.36. The molecule has 0 amide bonds. The lowest BCUT2D eigenvalue weighted by molar-refractivity contribution is 0.251. The number of aliphatic hydroxyl groups excluding tert-OH is 1. The number of nitrogen functional groups attached to an aromatic ring is 1. The zero-order chi connectivity index (χ0) is 11.3. The Kier molecular flexibility index (Phi) is 3.85. The molecule has 0 aliphatic heterocycles. The zero-order valence-electron chi connectivity index (χ0n) is 9.20. The van der Waals surface area contributed by atoms with Crippen molar-refractivity contribution >= 4 is 11.6 Å². The van der Waals surface area contributed by atoms with Gasteiger partial charge in [-0.05, 0) is 31.9 Å². The Morgan fingerprint density at radius 1 is 1.47 bits per heavy atom. The fourth-order valence-electron chi connectivity index (χ4n) is 1.29. The Morgan fingerprint density at radius 3 is 2.67 bits per heavy atom. The lowest BCUT2D eigenvalue weighted by Crippen LogP contribution is -2.35. The molecule has 0 fully saturated rings. The minimum absolute atomic E-state index is 0.153. The molecule has 0 aliphatic rings. The fourth-order valence-corrected chi connectivity index (χ4v) is 1.29. The predicted molar refractivity (Wildman–Crippen MR) is 60.5 cm³/mol. The molecule has 0 aliphatic carbocycles. The van der Waals surface area contributed by atoms with E-state index in [9.17, 15) is 0 Å². The zero-order valence-corrected chi connectivity index (χ0v) is 9.20. The quantitative estimate of drug-likeness (QED) is 0.675. The van der Waals surface area contributed by atoms with Gasteiger partial charge in [0.15, 0.2) is 0 Å². The molecule has 1 heterocycles. The molecule has 5 nitrogen and oxygen atoms in total. The Balaban J connectivity index is 2.70. The number of aliphatic hydroxyl groups is 1. The van der Waals surface area contributed by atoms with E-state index < -0.39 is 0 Å². The average molecular weight is 210 g/mol. The Bertz CT molecular complexity index is 301. The van der Waals surface area contributed by atoms with E-state index in [0.29, 0.717) is 18.1 Å². The maximum Gasteiger partial charge on any atom is 0.149 e. The van der Waals surface area contributed by atoms with Crippen LogP contribution >= 0.6 is 0 Å². The largest absolute Gasteiger partial charge is 0.396 e. The van der Waals surface area contributed by atoms with Crippen molar-refractivity contribution in [2.75, 3.05) is 17.7 Å². The van der Waals surface area contributed by atoms with Gasteiger partial charge >= 0.3 is 0 Å². The first-order valence-corrected chi connectivity index (χ1v) is 5.08. The van der Waals surface area contributed by atoms with Crippen molar-refractivity contribution in [2.24, 2.45) is 0 Å². The molecule has 1 aromatic rings. The molecule has 0 saturated heterocycles. The van der Waals surface area contributed by atoms with Crippen molar-refractivity contribution < 1.29 is 5.11 Å². The second-order valence-corrected chi connectivity index (χ2v) is 3.86. The first kappa shape index (κ1) is 11.7. The highest BCUT2D eigenvalue weighted by atomic mass is 16.3. The van der Waals surface area contributed by atoms with Gasteiger partial charge < -0.3 is 16.2 Å². The van der Waals surface area contributed by atoms with Gasteiger partial charge in [-0.3, -0.25) is 0 Å². The Labute approximate surface area is 89.7 Å². The van der Waals surface area contributed by atoms with Crippen LogP contribution in [0.5, 0.6) is 0 Å². The molecule has 4 N–H and O–H groups in total. The number of hydrogen-bond donors (Lipinski definition) is 3. The summed E-state index contributed by atoms with van der Waals surface area (Å²) in [4.78, 5) is 0. The molecular formula is C10H18N4O. The minimum atomic E-state index is -0.153. The summed E-state index contributed by atoms with van der Waals surface area (Å²) in [5, 5.41) is 19.9. The molecule has 84 valence electrons. The summed E-state index contributed by atoms with van der Waals surface area (Å²) in [6.45, 7) is 4.26. The summed E-state index contributed by atoms with van der Waals surface area (Å²) in [6.07, 6.45) is 1.58. The van der Waals surface area contributed by atoms with Crippen LogP contribution < -0.4 is 11.1 Å². The minimum Gasteiger partial charge on any atom is -0.396 e. The predicted octanol–water partition coefficient (Wildman–Crippen LogP) is 1.02. The van der Waals surface area contributed by atoms with Gasteiger partial charge in [0.25, 0.3) is 0 Å². The lowest BCUT2D eigenvalue weighted by Gasteiger charge is -2.29. The molecule has 0 radical (unpaired) electrons. The van der Waals surface area contributed by atoms with E-state index in [4.69, 9.17) is 10.8 Å². The third-order valence-electron chi connectivity index (χ3n) is 2.56. The van der Waals surface area contributed by atoms with Gasteiger partial charge in [-0.25, -0.2) is 0 Å². The van der Waals surface area contributed by atoms with Crippen LogP contribution in [-0.4, -0.2) is 27.4 Å². The van der Waals surface area contributed by atoms with Gasteiger partial charge in [0.2, 0.25) is 0 Å². The van der Waals surface area contributed by atoms with Gasteiger partial charge in [-0.1, -0.05) is 6.92 Å². The molecule has 5 heteroatoms. The van der Waals surface area contributed by atoms with Crippen molar-refractivity contribution in [3.63, 3.8) is 0 Å². The number of aromatic nitrogens is 2. The highest BCUT2D eigenvalue weighted by molar-refractivity contribution is 5.40. The van der Waals surface area contributed by atoms with Crippen LogP contribution in [0.25, 0.3) is 0 Å². The van der Waals surface area contributed by atoms with Crippen molar-refractivity contribution in [1.82, 2.24) is 10.2 Å².